The van der Waals surface area contributed by atoms with Gasteiger partial charge in [0.1, 0.15) is 0 Å². The van der Waals surface area contributed by atoms with Crippen LogP contribution in [0.4, 0.5) is 0 Å². The summed E-state index contributed by atoms with van der Waals surface area (Å²) in [5, 5.41) is 12.2. The molecule has 1 aromatic rings. The van der Waals surface area contributed by atoms with E-state index in [1.165, 1.54) is 11.1 Å². The summed E-state index contributed by atoms with van der Waals surface area (Å²) in [6, 6.07) is 6.26. The zero-order valence-corrected chi connectivity index (χ0v) is 10.1. The summed E-state index contributed by atoms with van der Waals surface area (Å²) in [5.74, 6) is 0. The molecule has 0 saturated carbocycles. The van der Waals surface area contributed by atoms with Crippen molar-refractivity contribution in [2.45, 2.75) is 26.5 Å². The minimum Gasteiger partial charge on any atom is -0.392 e. The number of rotatable bonds is 4. The monoisotopic (exact) mass is 257 g/mol. The maximum atomic E-state index is 9.06. The molecule has 0 aliphatic heterocycles. The molecule has 0 bridgehead atoms. The lowest BCUT2D eigenvalue weighted by atomic mass is 10.1. The van der Waals surface area contributed by atoms with E-state index in [0.29, 0.717) is 6.54 Å². The summed E-state index contributed by atoms with van der Waals surface area (Å²) in [5.41, 5.74) is 2.48. The molecule has 0 saturated heterocycles. The van der Waals surface area contributed by atoms with Gasteiger partial charge in [-0.2, -0.15) is 0 Å². The topological polar surface area (TPSA) is 32.3 Å². The summed E-state index contributed by atoms with van der Waals surface area (Å²) in [4.78, 5) is 0. The zero-order chi connectivity index (χ0) is 10.6. The first kappa shape index (κ1) is 11.7. The van der Waals surface area contributed by atoms with Crippen LogP contribution in [0.1, 0.15) is 18.1 Å². The highest BCUT2D eigenvalue weighted by Crippen LogP contribution is 2.16. The molecule has 2 nitrogen and oxygen atoms in total. The van der Waals surface area contributed by atoms with Crippen LogP contribution in [0.15, 0.2) is 22.7 Å². The van der Waals surface area contributed by atoms with Crippen molar-refractivity contribution in [2.24, 2.45) is 0 Å². The summed E-state index contributed by atoms with van der Waals surface area (Å²) >= 11 is 3.46. The Morgan fingerprint density at radius 2 is 2.21 bits per heavy atom. The van der Waals surface area contributed by atoms with Crippen molar-refractivity contribution in [3.8, 4) is 0 Å². The molecule has 0 unspecified atom stereocenters. The van der Waals surface area contributed by atoms with Crippen molar-refractivity contribution < 1.29 is 5.11 Å². The third-order valence-corrected chi connectivity index (χ3v) is 2.88. The van der Waals surface area contributed by atoms with E-state index in [2.05, 4.69) is 46.4 Å². The van der Waals surface area contributed by atoms with Gasteiger partial charge in [-0.1, -0.05) is 28.1 Å². The van der Waals surface area contributed by atoms with Crippen LogP contribution in [-0.2, 0) is 6.54 Å². The van der Waals surface area contributed by atoms with E-state index < -0.39 is 0 Å². The Hall–Kier alpha value is -0.380. The summed E-state index contributed by atoms with van der Waals surface area (Å²) < 4.78 is 1.14. The first-order chi connectivity index (χ1) is 6.59. The van der Waals surface area contributed by atoms with Gasteiger partial charge in [-0.05, 0) is 31.0 Å². The minimum atomic E-state index is -0.286. The predicted octanol–water partition coefficient (Wildman–Crippen LogP) is 2.23. The molecule has 1 atom stereocenters. The van der Waals surface area contributed by atoms with Gasteiger partial charge < -0.3 is 10.4 Å². The summed E-state index contributed by atoms with van der Waals surface area (Å²) in [6.45, 7) is 5.29. The molecule has 1 rings (SSSR count). The maximum absolute atomic E-state index is 9.06. The third-order valence-electron chi connectivity index (χ3n) is 1.99. The number of hydrogen-bond donors (Lipinski definition) is 2. The fourth-order valence-corrected chi connectivity index (χ4v) is 1.49. The predicted molar refractivity (Wildman–Crippen MR) is 62.3 cm³/mol. The number of halogens is 1. The quantitative estimate of drug-likeness (QED) is 0.868. The molecule has 2 N–H and O–H groups in total. The van der Waals surface area contributed by atoms with E-state index in [1.54, 1.807) is 6.92 Å². The Bertz CT molecular complexity index is 299. The highest BCUT2D eigenvalue weighted by Gasteiger charge is 1.98. The van der Waals surface area contributed by atoms with Crippen molar-refractivity contribution in [3.05, 3.63) is 33.8 Å². The van der Waals surface area contributed by atoms with Crippen molar-refractivity contribution in [1.29, 1.82) is 0 Å². The van der Waals surface area contributed by atoms with Crippen LogP contribution >= 0.6 is 15.9 Å². The Labute approximate surface area is 93.5 Å². The van der Waals surface area contributed by atoms with Crippen molar-refractivity contribution in [3.63, 3.8) is 0 Å². The molecule has 0 aliphatic carbocycles. The van der Waals surface area contributed by atoms with Gasteiger partial charge in [0.05, 0.1) is 6.10 Å². The van der Waals surface area contributed by atoms with Gasteiger partial charge in [-0.25, -0.2) is 0 Å². The number of benzene rings is 1. The number of hydrogen-bond acceptors (Lipinski definition) is 2. The molecule has 0 spiro atoms. The molecule has 0 heterocycles. The van der Waals surface area contributed by atoms with Crippen LogP contribution < -0.4 is 5.32 Å². The second-order valence-corrected chi connectivity index (χ2v) is 4.42. The molecule has 14 heavy (non-hydrogen) atoms. The average Bonchev–Trinajstić information content (AvgIpc) is 2.10. The molecule has 78 valence electrons. The standard InChI is InChI=1S/C11H16BrNO/c1-8-5-10(3-4-11(8)12)7-13-6-9(2)14/h3-5,9,13-14H,6-7H2,1-2H3/t9-/m0/s1. The van der Waals surface area contributed by atoms with Crippen molar-refractivity contribution >= 4 is 15.9 Å². The highest BCUT2D eigenvalue weighted by atomic mass is 79.9. The lowest BCUT2D eigenvalue weighted by molar-refractivity contribution is 0.191. The van der Waals surface area contributed by atoms with Crippen LogP contribution in [0, 0.1) is 6.92 Å². The first-order valence-electron chi connectivity index (χ1n) is 4.73. The van der Waals surface area contributed by atoms with Gasteiger partial charge in [0.25, 0.3) is 0 Å². The lowest BCUT2D eigenvalue weighted by Gasteiger charge is -2.08. The van der Waals surface area contributed by atoms with E-state index in [9.17, 15) is 0 Å². The number of aliphatic hydroxyl groups is 1. The van der Waals surface area contributed by atoms with Crippen LogP contribution in [0.5, 0.6) is 0 Å². The molecule has 0 aliphatic rings. The molecule has 0 radical (unpaired) electrons. The van der Waals surface area contributed by atoms with Crippen molar-refractivity contribution in [2.75, 3.05) is 6.54 Å². The van der Waals surface area contributed by atoms with Crippen molar-refractivity contribution in [1.82, 2.24) is 5.32 Å². The molecular formula is C11H16BrNO. The maximum Gasteiger partial charge on any atom is 0.0636 e. The Kier molecular flexibility index (Phi) is 4.58. The van der Waals surface area contributed by atoms with Crippen LogP contribution in [-0.4, -0.2) is 17.8 Å². The van der Waals surface area contributed by atoms with Gasteiger partial charge in [0.2, 0.25) is 0 Å². The molecular weight excluding hydrogens is 242 g/mol. The van der Waals surface area contributed by atoms with E-state index >= 15 is 0 Å². The SMILES string of the molecule is Cc1cc(CNC[C@H](C)O)ccc1Br. The van der Waals surface area contributed by atoms with Crippen LogP contribution in [0.25, 0.3) is 0 Å². The Morgan fingerprint density at radius 3 is 2.79 bits per heavy atom. The fraction of sp³-hybridized carbons (Fsp3) is 0.455. The Morgan fingerprint density at radius 1 is 1.50 bits per heavy atom. The smallest absolute Gasteiger partial charge is 0.0636 e. The average molecular weight is 258 g/mol. The van der Waals surface area contributed by atoms with E-state index in [0.717, 1.165) is 11.0 Å². The number of aryl methyl sites for hydroxylation is 1. The molecule has 3 heteroatoms. The van der Waals surface area contributed by atoms with Gasteiger partial charge in [-0.3, -0.25) is 0 Å². The van der Waals surface area contributed by atoms with Gasteiger partial charge in [0.15, 0.2) is 0 Å². The zero-order valence-electron chi connectivity index (χ0n) is 8.55. The molecule has 0 amide bonds. The third kappa shape index (κ3) is 3.78. The summed E-state index contributed by atoms with van der Waals surface area (Å²) in [6.07, 6.45) is -0.286. The second-order valence-electron chi connectivity index (χ2n) is 3.56. The highest BCUT2D eigenvalue weighted by molar-refractivity contribution is 9.10. The van der Waals surface area contributed by atoms with Gasteiger partial charge >= 0.3 is 0 Å². The molecule has 1 aromatic carbocycles. The van der Waals surface area contributed by atoms with Gasteiger partial charge in [0, 0.05) is 17.6 Å². The van der Waals surface area contributed by atoms with Crippen LogP contribution in [0.2, 0.25) is 0 Å². The lowest BCUT2D eigenvalue weighted by Crippen LogP contribution is -2.23. The van der Waals surface area contributed by atoms with E-state index in [-0.39, 0.29) is 6.10 Å². The fourth-order valence-electron chi connectivity index (χ4n) is 1.24. The van der Waals surface area contributed by atoms with Gasteiger partial charge in [-0.15, -0.1) is 0 Å². The Balaban J connectivity index is 2.47. The first-order valence-corrected chi connectivity index (χ1v) is 5.52. The summed E-state index contributed by atoms with van der Waals surface area (Å²) in [7, 11) is 0. The van der Waals surface area contributed by atoms with Crippen LogP contribution in [0.3, 0.4) is 0 Å². The normalized spacial score (nSPS) is 12.9. The second kappa shape index (κ2) is 5.49. The number of nitrogens with one attached hydrogen (secondary N) is 1. The van der Waals surface area contributed by atoms with E-state index in [1.807, 2.05) is 0 Å². The van der Waals surface area contributed by atoms with E-state index in [4.69, 9.17) is 5.11 Å². The molecule has 0 fully saturated rings. The number of aliphatic hydroxyl groups excluding tert-OH is 1. The largest absolute Gasteiger partial charge is 0.392 e. The minimum absolute atomic E-state index is 0.286. The molecule has 0 aromatic heterocycles.